The highest BCUT2D eigenvalue weighted by Gasteiger charge is 2.09. The molecule has 6 heteroatoms. The van der Waals surface area contributed by atoms with Crippen molar-refractivity contribution in [3.05, 3.63) is 42.3 Å². The summed E-state index contributed by atoms with van der Waals surface area (Å²) in [4.78, 5) is 13.6. The number of aliphatic hydroxyl groups excluding tert-OH is 1. The molecule has 2 N–H and O–H groups in total. The molecule has 0 aliphatic carbocycles. The third-order valence-electron chi connectivity index (χ3n) is 2.67. The van der Waals surface area contributed by atoms with Crippen molar-refractivity contribution in [1.82, 2.24) is 5.16 Å². The molecule has 1 aromatic heterocycles. The van der Waals surface area contributed by atoms with Gasteiger partial charge in [-0.2, -0.15) is 0 Å². The molecule has 2 rings (SSSR count). The molecule has 1 aromatic carbocycles. The predicted molar refractivity (Wildman–Crippen MR) is 71.3 cm³/mol. The van der Waals surface area contributed by atoms with Crippen molar-refractivity contribution in [2.75, 3.05) is 30.4 Å². The van der Waals surface area contributed by atoms with Gasteiger partial charge in [-0.3, -0.25) is 4.79 Å². The van der Waals surface area contributed by atoms with Crippen LogP contribution in [0.4, 0.5) is 11.4 Å². The van der Waals surface area contributed by atoms with Crippen molar-refractivity contribution >= 4 is 17.3 Å². The van der Waals surface area contributed by atoms with Gasteiger partial charge in [-0.05, 0) is 24.3 Å². The summed E-state index contributed by atoms with van der Waals surface area (Å²) in [6, 6.07) is 8.82. The Bertz CT molecular complexity index is 523. The molecule has 1 heterocycles. The number of aromatic nitrogens is 1. The van der Waals surface area contributed by atoms with E-state index in [0.717, 1.165) is 5.69 Å². The standard InChI is InChI=1S/C13H15N3O3/c1-16(7-8-17)11-4-2-10(3-5-11)14-13(18)12-6-9-19-15-12/h2-6,9,17H,7-8H2,1H3,(H,14,18). The summed E-state index contributed by atoms with van der Waals surface area (Å²) >= 11 is 0. The Hall–Kier alpha value is -2.34. The number of carbonyl (C=O) groups excluding carboxylic acids is 1. The maximum absolute atomic E-state index is 11.7. The maximum Gasteiger partial charge on any atom is 0.277 e. The molecule has 0 atom stereocenters. The van der Waals surface area contributed by atoms with E-state index >= 15 is 0 Å². The molecule has 19 heavy (non-hydrogen) atoms. The van der Waals surface area contributed by atoms with Crippen LogP contribution in [0.5, 0.6) is 0 Å². The smallest absolute Gasteiger partial charge is 0.277 e. The highest BCUT2D eigenvalue weighted by Crippen LogP contribution is 2.17. The Balaban J connectivity index is 2.01. The Morgan fingerprint density at radius 1 is 1.37 bits per heavy atom. The zero-order valence-corrected chi connectivity index (χ0v) is 10.5. The van der Waals surface area contributed by atoms with Crippen LogP contribution < -0.4 is 10.2 Å². The lowest BCUT2D eigenvalue weighted by atomic mass is 10.2. The molecule has 0 saturated heterocycles. The Morgan fingerprint density at radius 2 is 2.11 bits per heavy atom. The summed E-state index contributed by atoms with van der Waals surface area (Å²) in [5, 5.41) is 15.1. The van der Waals surface area contributed by atoms with Crippen LogP contribution in [0.3, 0.4) is 0 Å². The van der Waals surface area contributed by atoms with Gasteiger partial charge in [0.2, 0.25) is 0 Å². The number of anilines is 2. The van der Waals surface area contributed by atoms with Crippen molar-refractivity contribution in [2.45, 2.75) is 0 Å². The van der Waals surface area contributed by atoms with E-state index in [9.17, 15) is 4.79 Å². The van der Waals surface area contributed by atoms with E-state index in [1.807, 2.05) is 24.1 Å². The van der Waals surface area contributed by atoms with Crippen molar-refractivity contribution in [3.63, 3.8) is 0 Å². The van der Waals surface area contributed by atoms with Crippen molar-refractivity contribution in [1.29, 1.82) is 0 Å². The molecule has 0 saturated carbocycles. The average Bonchev–Trinajstić information content (AvgIpc) is 2.94. The first-order valence-electron chi connectivity index (χ1n) is 5.84. The third kappa shape index (κ3) is 3.32. The lowest BCUT2D eigenvalue weighted by molar-refractivity contribution is 0.101. The summed E-state index contributed by atoms with van der Waals surface area (Å²) in [5.74, 6) is -0.315. The number of benzene rings is 1. The molecule has 2 aromatic rings. The monoisotopic (exact) mass is 261 g/mol. The Kier molecular flexibility index (Phi) is 4.15. The van der Waals surface area contributed by atoms with Crippen molar-refractivity contribution in [3.8, 4) is 0 Å². The van der Waals surface area contributed by atoms with Gasteiger partial charge < -0.3 is 19.8 Å². The first-order valence-corrected chi connectivity index (χ1v) is 5.84. The summed E-state index contributed by atoms with van der Waals surface area (Å²) in [5.41, 5.74) is 1.88. The third-order valence-corrected chi connectivity index (χ3v) is 2.67. The molecule has 1 amide bonds. The first-order chi connectivity index (χ1) is 9.20. The molecule has 0 radical (unpaired) electrons. The van der Waals surface area contributed by atoms with E-state index in [4.69, 9.17) is 5.11 Å². The van der Waals surface area contributed by atoms with Gasteiger partial charge in [0.15, 0.2) is 5.69 Å². The molecule has 0 fully saturated rings. The molecule has 6 nitrogen and oxygen atoms in total. The van der Waals surface area contributed by atoms with E-state index in [1.54, 1.807) is 12.1 Å². The van der Waals surface area contributed by atoms with Gasteiger partial charge in [-0.25, -0.2) is 0 Å². The number of nitrogens with one attached hydrogen (secondary N) is 1. The van der Waals surface area contributed by atoms with Crippen LogP contribution in [0.25, 0.3) is 0 Å². The van der Waals surface area contributed by atoms with Gasteiger partial charge in [-0.1, -0.05) is 5.16 Å². The fraction of sp³-hybridized carbons (Fsp3) is 0.231. The van der Waals surface area contributed by atoms with Gasteiger partial charge in [0, 0.05) is 31.0 Å². The number of nitrogens with zero attached hydrogens (tertiary/aromatic N) is 2. The molecule has 0 unspecified atom stereocenters. The minimum atomic E-state index is -0.315. The van der Waals surface area contributed by atoms with Crippen LogP contribution in [0, 0.1) is 0 Å². The van der Waals surface area contributed by atoms with E-state index in [2.05, 4.69) is 15.0 Å². The maximum atomic E-state index is 11.7. The lowest BCUT2D eigenvalue weighted by Gasteiger charge is -2.18. The number of hydrogen-bond acceptors (Lipinski definition) is 5. The fourth-order valence-corrected chi connectivity index (χ4v) is 1.60. The normalized spacial score (nSPS) is 10.2. The van der Waals surface area contributed by atoms with Crippen LogP contribution in [0.1, 0.15) is 10.5 Å². The lowest BCUT2D eigenvalue weighted by Crippen LogP contribution is -2.21. The number of rotatable bonds is 5. The number of likely N-dealkylation sites (N-methyl/N-ethyl adjacent to an activating group) is 1. The molecule has 0 bridgehead atoms. The van der Waals surface area contributed by atoms with Gasteiger partial charge in [0.25, 0.3) is 5.91 Å². The summed E-state index contributed by atoms with van der Waals surface area (Å²) in [7, 11) is 1.89. The van der Waals surface area contributed by atoms with E-state index in [1.165, 1.54) is 12.3 Å². The van der Waals surface area contributed by atoms with Crippen LogP contribution in [-0.4, -0.2) is 36.4 Å². The summed E-state index contributed by atoms with van der Waals surface area (Å²) in [6.45, 7) is 0.659. The zero-order chi connectivity index (χ0) is 13.7. The molecule has 0 aliphatic heterocycles. The predicted octanol–water partition coefficient (Wildman–Crippen LogP) is 1.36. The fourth-order valence-electron chi connectivity index (χ4n) is 1.60. The number of amides is 1. The number of aliphatic hydroxyl groups is 1. The minimum Gasteiger partial charge on any atom is -0.395 e. The number of hydrogen-bond donors (Lipinski definition) is 2. The second kappa shape index (κ2) is 6.01. The Labute approximate surface area is 110 Å². The quantitative estimate of drug-likeness (QED) is 0.849. The second-order valence-corrected chi connectivity index (χ2v) is 4.03. The SMILES string of the molecule is CN(CCO)c1ccc(NC(=O)c2ccon2)cc1. The Morgan fingerprint density at radius 3 is 2.68 bits per heavy atom. The minimum absolute atomic E-state index is 0.0984. The first kappa shape index (κ1) is 13.1. The molecule has 100 valence electrons. The molecular formula is C13H15N3O3. The van der Waals surface area contributed by atoms with E-state index in [-0.39, 0.29) is 18.2 Å². The van der Waals surface area contributed by atoms with Gasteiger partial charge in [-0.15, -0.1) is 0 Å². The van der Waals surface area contributed by atoms with Crippen molar-refractivity contribution < 1.29 is 14.4 Å². The molecular weight excluding hydrogens is 246 g/mol. The van der Waals surface area contributed by atoms with Gasteiger partial charge in [0.05, 0.1) is 6.61 Å². The molecule has 0 aliphatic rings. The molecule has 0 spiro atoms. The summed E-state index contributed by atoms with van der Waals surface area (Å²) < 4.78 is 4.61. The second-order valence-electron chi connectivity index (χ2n) is 4.03. The van der Waals surface area contributed by atoms with E-state index in [0.29, 0.717) is 12.2 Å². The van der Waals surface area contributed by atoms with Crippen LogP contribution in [-0.2, 0) is 0 Å². The topological polar surface area (TPSA) is 78.6 Å². The van der Waals surface area contributed by atoms with Gasteiger partial charge in [0.1, 0.15) is 6.26 Å². The van der Waals surface area contributed by atoms with Crippen LogP contribution in [0.15, 0.2) is 41.1 Å². The number of carbonyl (C=O) groups is 1. The van der Waals surface area contributed by atoms with Crippen LogP contribution in [0.2, 0.25) is 0 Å². The van der Waals surface area contributed by atoms with Gasteiger partial charge >= 0.3 is 0 Å². The summed E-state index contributed by atoms with van der Waals surface area (Å²) in [6.07, 6.45) is 1.35. The largest absolute Gasteiger partial charge is 0.395 e. The highest BCUT2D eigenvalue weighted by atomic mass is 16.5. The van der Waals surface area contributed by atoms with Crippen LogP contribution >= 0.6 is 0 Å². The zero-order valence-electron chi connectivity index (χ0n) is 10.5. The average molecular weight is 261 g/mol. The van der Waals surface area contributed by atoms with E-state index < -0.39 is 0 Å². The highest BCUT2D eigenvalue weighted by molar-refractivity contribution is 6.02. The van der Waals surface area contributed by atoms with Crippen molar-refractivity contribution in [2.24, 2.45) is 0 Å².